The topological polar surface area (TPSA) is 65.7 Å². The van der Waals surface area contributed by atoms with E-state index >= 15 is 0 Å². The van der Waals surface area contributed by atoms with Crippen molar-refractivity contribution >= 4 is 14.5 Å². The van der Waals surface area contributed by atoms with Crippen LogP contribution in [0.2, 0.25) is 0 Å². The summed E-state index contributed by atoms with van der Waals surface area (Å²) in [6.45, 7) is 0.685. The van der Waals surface area contributed by atoms with Crippen molar-refractivity contribution in [2.24, 2.45) is 0 Å². The Kier molecular flexibility index (Phi) is 4.67. The van der Waals surface area contributed by atoms with Crippen molar-refractivity contribution in [2.45, 2.75) is 19.5 Å². The first kappa shape index (κ1) is 17.3. The molecule has 0 N–H and O–H groups in total. The molecule has 0 bridgehead atoms. The molecule has 0 spiro atoms. The molecular weight excluding hydrogens is 354 g/mol. The fourth-order valence-corrected chi connectivity index (χ4v) is 2.17. The molecular formula is C15H13F3N5OP. The summed E-state index contributed by atoms with van der Waals surface area (Å²) in [6.07, 6.45) is 4.65. The van der Waals surface area contributed by atoms with E-state index in [1.807, 2.05) is 0 Å². The molecule has 10 heteroatoms. The Hall–Kier alpha value is -2.54. The van der Waals surface area contributed by atoms with Crippen LogP contribution in [0.3, 0.4) is 0 Å². The van der Waals surface area contributed by atoms with Gasteiger partial charge in [-0.1, -0.05) is 5.21 Å². The number of benzene rings is 1. The molecule has 2 heterocycles. The zero-order valence-corrected chi connectivity index (χ0v) is 14.2. The lowest BCUT2D eigenvalue weighted by atomic mass is 10.1. The number of alkyl halides is 2. The van der Waals surface area contributed by atoms with Gasteiger partial charge in [0, 0.05) is 24.6 Å². The molecule has 0 aliphatic heterocycles. The lowest BCUT2D eigenvalue weighted by molar-refractivity contribution is 0.0137. The number of nitrogens with zero attached hydrogens (tertiary/aromatic N) is 5. The molecule has 1 aromatic carbocycles. The highest BCUT2D eigenvalue weighted by Crippen LogP contribution is 2.30. The van der Waals surface area contributed by atoms with Gasteiger partial charge >= 0.3 is 6.01 Å². The average molecular weight is 367 g/mol. The van der Waals surface area contributed by atoms with Crippen LogP contribution in [0.4, 0.5) is 13.2 Å². The number of ether oxygens (including phenoxy) is 1. The van der Waals surface area contributed by atoms with E-state index in [-0.39, 0.29) is 18.3 Å². The third-order valence-electron chi connectivity index (χ3n) is 3.23. The second kappa shape index (κ2) is 6.76. The van der Waals surface area contributed by atoms with E-state index in [2.05, 4.69) is 29.5 Å². The monoisotopic (exact) mass is 367 g/mol. The van der Waals surface area contributed by atoms with Crippen molar-refractivity contribution in [2.75, 3.05) is 0 Å². The molecule has 0 saturated carbocycles. The van der Waals surface area contributed by atoms with E-state index in [4.69, 9.17) is 4.74 Å². The zero-order valence-electron chi connectivity index (χ0n) is 13.0. The van der Waals surface area contributed by atoms with Crippen LogP contribution in [0.1, 0.15) is 18.2 Å². The minimum atomic E-state index is -3.30. The van der Waals surface area contributed by atoms with Crippen LogP contribution < -0.4 is 10.0 Å². The van der Waals surface area contributed by atoms with Crippen LogP contribution in [-0.4, -0.2) is 25.0 Å². The lowest BCUT2D eigenvalue weighted by Crippen LogP contribution is -2.11. The Morgan fingerprint density at radius 1 is 1.24 bits per heavy atom. The summed E-state index contributed by atoms with van der Waals surface area (Å²) < 4.78 is 47.1. The third kappa shape index (κ3) is 4.11. The van der Waals surface area contributed by atoms with E-state index in [1.165, 1.54) is 16.9 Å². The number of hydrogen-bond donors (Lipinski definition) is 0. The van der Waals surface area contributed by atoms with Gasteiger partial charge in [0.2, 0.25) is 0 Å². The summed E-state index contributed by atoms with van der Waals surface area (Å²) in [7, 11) is 2.46. The molecule has 0 aliphatic rings. The Labute approximate surface area is 143 Å². The highest BCUT2D eigenvalue weighted by atomic mass is 31.0. The van der Waals surface area contributed by atoms with Gasteiger partial charge in [-0.25, -0.2) is 27.8 Å². The second-order valence-electron chi connectivity index (χ2n) is 5.29. The number of hydrogen-bond acceptors (Lipinski definition) is 5. The summed E-state index contributed by atoms with van der Waals surface area (Å²) in [5.41, 5.74) is -0.00260. The maximum atomic E-state index is 13.6. The Balaban J connectivity index is 1.76. The van der Waals surface area contributed by atoms with Gasteiger partial charge in [-0.15, -0.1) is 14.3 Å². The molecule has 25 heavy (non-hydrogen) atoms. The van der Waals surface area contributed by atoms with Gasteiger partial charge in [-0.3, -0.25) is 0 Å². The summed E-state index contributed by atoms with van der Waals surface area (Å²) in [5.74, 6) is -4.28. The fourth-order valence-electron chi connectivity index (χ4n) is 2.02. The molecule has 1 atom stereocenters. The number of aromatic nitrogens is 5. The smallest absolute Gasteiger partial charge is 0.316 e. The normalized spacial score (nSPS) is 11.6. The molecule has 1 unspecified atom stereocenters. The van der Waals surface area contributed by atoms with Crippen molar-refractivity contribution in [3.05, 3.63) is 53.9 Å². The molecule has 2 aromatic heterocycles. The van der Waals surface area contributed by atoms with Crippen molar-refractivity contribution in [1.29, 1.82) is 0 Å². The molecule has 0 radical (unpaired) electrons. The average Bonchev–Trinajstić information content (AvgIpc) is 3.03. The van der Waals surface area contributed by atoms with Gasteiger partial charge in [0.25, 0.3) is 5.92 Å². The Morgan fingerprint density at radius 3 is 2.64 bits per heavy atom. The van der Waals surface area contributed by atoms with Crippen LogP contribution in [-0.2, 0) is 12.5 Å². The quantitative estimate of drug-likeness (QED) is 0.648. The Morgan fingerprint density at radius 2 is 1.96 bits per heavy atom. The Bertz CT molecular complexity index is 880. The van der Waals surface area contributed by atoms with E-state index in [1.54, 1.807) is 12.4 Å². The van der Waals surface area contributed by atoms with E-state index in [0.29, 0.717) is 12.6 Å². The molecule has 0 fully saturated rings. The van der Waals surface area contributed by atoms with E-state index < -0.39 is 17.3 Å². The summed E-state index contributed by atoms with van der Waals surface area (Å²) in [4.78, 5) is 7.94. The van der Waals surface area contributed by atoms with Gasteiger partial charge < -0.3 is 4.74 Å². The fraction of sp³-hybridized carbons (Fsp3) is 0.200. The highest BCUT2D eigenvalue weighted by molar-refractivity contribution is 7.27. The molecule has 0 aliphatic carbocycles. The molecule has 0 amide bonds. The minimum absolute atomic E-state index is 0.0498. The summed E-state index contributed by atoms with van der Waals surface area (Å²) in [5, 5.41) is 8.55. The van der Waals surface area contributed by atoms with E-state index in [9.17, 15) is 13.2 Å². The number of rotatable bonds is 5. The third-order valence-corrected chi connectivity index (χ3v) is 3.52. The first-order valence-corrected chi connectivity index (χ1v) is 7.70. The van der Waals surface area contributed by atoms with Gasteiger partial charge in [-0.05, 0) is 18.2 Å². The molecule has 3 aromatic rings. The predicted molar refractivity (Wildman–Crippen MR) is 86.6 cm³/mol. The molecule has 6 nitrogen and oxygen atoms in total. The van der Waals surface area contributed by atoms with Crippen LogP contribution in [0.15, 0.2) is 36.8 Å². The molecule has 3 rings (SSSR count). The van der Waals surface area contributed by atoms with Gasteiger partial charge in [0.15, 0.2) is 0 Å². The van der Waals surface area contributed by atoms with Crippen LogP contribution >= 0.6 is 9.24 Å². The maximum absolute atomic E-state index is 13.6. The summed E-state index contributed by atoms with van der Waals surface area (Å²) >= 11 is 0. The van der Waals surface area contributed by atoms with Crippen molar-refractivity contribution in [1.82, 2.24) is 25.0 Å². The lowest BCUT2D eigenvalue weighted by Gasteiger charge is -2.12. The zero-order chi connectivity index (χ0) is 18.0. The second-order valence-corrected chi connectivity index (χ2v) is 5.96. The molecule has 0 saturated heterocycles. The van der Waals surface area contributed by atoms with Crippen molar-refractivity contribution in [3.63, 3.8) is 0 Å². The standard InChI is InChI=1S/C15H13F3N5OP/c1-15(17,18)12-4-10(2-3-13(12)16)23-7-9(21-22-23)8-24-14-19-5-11(25)6-20-14/h2-7H,8,25H2,1H3. The number of halogens is 3. The largest absolute Gasteiger partial charge is 0.457 e. The first-order chi connectivity index (χ1) is 11.8. The van der Waals surface area contributed by atoms with E-state index in [0.717, 1.165) is 17.4 Å². The summed E-state index contributed by atoms with van der Waals surface area (Å²) in [6, 6.07) is 3.52. The first-order valence-electron chi connectivity index (χ1n) is 7.13. The van der Waals surface area contributed by atoms with Crippen molar-refractivity contribution in [3.8, 4) is 11.7 Å². The van der Waals surface area contributed by atoms with Gasteiger partial charge in [-0.2, -0.15) is 0 Å². The minimum Gasteiger partial charge on any atom is -0.457 e. The van der Waals surface area contributed by atoms with Gasteiger partial charge in [0.1, 0.15) is 18.1 Å². The highest BCUT2D eigenvalue weighted by Gasteiger charge is 2.28. The van der Waals surface area contributed by atoms with Crippen LogP contribution in [0.25, 0.3) is 5.69 Å². The molecule has 130 valence electrons. The SMILES string of the molecule is CC(F)(F)c1cc(-n2cc(COc3ncc(P)cn3)nn2)ccc1F. The van der Waals surface area contributed by atoms with Crippen LogP contribution in [0, 0.1) is 5.82 Å². The van der Waals surface area contributed by atoms with Crippen LogP contribution in [0.5, 0.6) is 6.01 Å². The van der Waals surface area contributed by atoms with Crippen molar-refractivity contribution < 1.29 is 17.9 Å². The maximum Gasteiger partial charge on any atom is 0.316 e. The predicted octanol–water partition coefficient (Wildman–Crippen LogP) is 2.39. The van der Waals surface area contributed by atoms with Gasteiger partial charge in [0.05, 0.1) is 17.4 Å².